The highest BCUT2D eigenvalue weighted by atomic mass is 16.5. The zero-order valence-corrected chi connectivity index (χ0v) is 12.5. The lowest BCUT2D eigenvalue weighted by Crippen LogP contribution is -2.41. The van der Waals surface area contributed by atoms with Gasteiger partial charge < -0.3 is 14.8 Å². The number of carbonyl (C=O) groups is 1. The fourth-order valence-corrected chi connectivity index (χ4v) is 2.64. The molecule has 0 aromatic carbocycles. The van der Waals surface area contributed by atoms with Crippen molar-refractivity contribution in [3.8, 4) is 0 Å². The lowest BCUT2D eigenvalue weighted by Gasteiger charge is -2.31. The highest BCUT2D eigenvalue weighted by Crippen LogP contribution is 2.21. The molecule has 1 aliphatic rings. The van der Waals surface area contributed by atoms with Crippen molar-refractivity contribution in [2.75, 3.05) is 20.3 Å². The molecule has 0 aromatic heterocycles. The van der Waals surface area contributed by atoms with Gasteiger partial charge in [-0.2, -0.15) is 0 Å². The zero-order chi connectivity index (χ0) is 13.9. The van der Waals surface area contributed by atoms with Crippen LogP contribution in [0, 0.1) is 0 Å². The first-order valence-electron chi connectivity index (χ1n) is 7.72. The van der Waals surface area contributed by atoms with Crippen LogP contribution in [0.1, 0.15) is 58.3 Å². The van der Waals surface area contributed by atoms with Crippen molar-refractivity contribution in [3.05, 3.63) is 0 Å². The molecule has 1 saturated carbocycles. The normalized spacial score (nSPS) is 23.3. The number of hydrogen-bond acceptors (Lipinski definition) is 4. The second-order valence-electron chi connectivity index (χ2n) is 5.20. The van der Waals surface area contributed by atoms with Gasteiger partial charge in [0.15, 0.2) is 0 Å². The Labute approximate surface area is 117 Å². The van der Waals surface area contributed by atoms with Crippen LogP contribution in [-0.4, -0.2) is 38.4 Å². The van der Waals surface area contributed by atoms with Crippen LogP contribution in [-0.2, 0) is 14.3 Å². The lowest BCUT2D eigenvalue weighted by atomic mass is 9.92. The Bertz CT molecular complexity index is 246. The van der Waals surface area contributed by atoms with Gasteiger partial charge in [0.05, 0.1) is 12.7 Å². The predicted octanol–water partition coefficient (Wildman–Crippen LogP) is 2.66. The maximum Gasteiger partial charge on any atom is 0.305 e. The second-order valence-corrected chi connectivity index (χ2v) is 5.20. The number of hydrogen-bond donors (Lipinski definition) is 1. The van der Waals surface area contributed by atoms with Crippen molar-refractivity contribution in [2.24, 2.45) is 0 Å². The summed E-state index contributed by atoms with van der Waals surface area (Å²) in [6.07, 6.45) is 8.89. The largest absolute Gasteiger partial charge is 0.466 e. The van der Waals surface area contributed by atoms with Crippen LogP contribution in [0.25, 0.3) is 0 Å². The van der Waals surface area contributed by atoms with E-state index in [-0.39, 0.29) is 5.97 Å². The molecule has 4 heteroatoms. The molecule has 1 fully saturated rings. The van der Waals surface area contributed by atoms with E-state index in [1.165, 1.54) is 25.7 Å². The molecule has 4 nitrogen and oxygen atoms in total. The van der Waals surface area contributed by atoms with Gasteiger partial charge in [-0.3, -0.25) is 4.79 Å². The minimum Gasteiger partial charge on any atom is -0.466 e. The van der Waals surface area contributed by atoms with E-state index in [1.807, 2.05) is 14.0 Å². The molecular formula is C15H29NO3. The number of rotatable bonds is 9. The van der Waals surface area contributed by atoms with Crippen LogP contribution >= 0.6 is 0 Å². The molecule has 2 atom stereocenters. The zero-order valence-electron chi connectivity index (χ0n) is 12.5. The van der Waals surface area contributed by atoms with Crippen molar-refractivity contribution >= 4 is 5.97 Å². The number of ether oxygens (including phenoxy) is 2. The molecule has 0 saturated heterocycles. The maximum absolute atomic E-state index is 11.1. The van der Waals surface area contributed by atoms with Crippen LogP contribution in [0.15, 0.2) is 0 Å². The van der Waals surface area contributed by atoms with Crippen molar-refractivity contribution in [3.63, 3.8) is 0 Å². The highest BCUT2D eigenvalue weighted by Gasteiger charge is 2.23. The van der Waals surface area contributed by atoms with Crippen LogP contribution in [0.2, 0.25) is 0 Å². The molecule has 1 rings (SSSR count). The van der Waals surface area contributed by atoms with Crippen molar-refractivity contribution in [1.82, 2.24) is 5.32 Å². The molecule has 0 heterocycles. The molecule has 0 amide bonds. The number of unbranched alkanes of at least 4 members (excludes halogenated alkanes) is 2. The molecule has 1 N–H and O–H groups in total. The number of carbonyl (C=O) groups excluding carboxylic acids is 1. The minimum absolute atomic E-state index is 0.0778. The first-order valence-corrected chi connectivity index (χ1v) is 7.72. The van der Waals surface area contributed by atoms with Gasteiger partial charge in [0.1, 0.15) is 0 Å². The van der Waals surface area contributed by atoms with Crippen LogP contribution in [0.4, 0.5) is 0 Å². The summed E-state index contributed by atoms with van der Waals surface area (Å²) in [6, 6.07) is 0.522. The summed E-state index contributed by atoms with van der Waals surface area (Å²) in [5.41, 5.74) is 0. The van der Waals surface area contributed by atoms with Gasteiger partial charge in [0.25, 0.3) is 0 Å². The van der Waals surface area contributed by atoms with Gasteiger partial charge in [-0.25, -0.2) is 0 Å². The van der Waals surface area contributed by atoms with Gasteiger partial charge in [-0.15, -0.1) is 0 Å². The molecule has 0 spiro atoms. The number of esters is 1. The van der Waals surface area contributed by atoms with Crippen molar-refractivity contribution in [1.29, 1.82) is 0 Å². The molecule has 2 unspecified atom stereocenters. The van der Waals surface area contributed by atoms with E-state index >= 15 is 0 Å². The predicted molar refractivity (Wildman–Crippen MR) is 76.2 cm³/mol. The minimum atomic E-state index is -0.0778. The number of likely N-dealkylation sites (N-methyl/N-ethyl adjacent to an activating group) is 1. The molecule has 112 valence electrons. The molecule has 0 aromatic rings. The molecule has 0 aliphatic heterocycles. The lowest BCUT2D eigenvalue weighted by molar-refractivity contribution is -0.143. The van der Waals surface area contributed by atoms with Gasteiger partial charge >= 0.3 is 5.97 Å². The highest BCUT2D eigenvalue weighted by molar-refractivity contribution is 5.69. The van der Waals surface area contributed by atoms with E-state index in [9.17, 15) is 4.79 Å². The Hall–Kier alpha value is -0.610. The Morgan fingerprint density at radius 1 is 1.21 bits per heavy atom. The third kappa shape index (κ3) is 6.92. The van der Waals surface area contributed by atoms with E-state index < -0.39 is 0 Å². The Morgan fingerprint density at radius 3 is 2.74 bits per heavy atom. The van der Waals surface area contributed by atoms with E-state index in [1.54, 1.807) is 0 Å². The fourth-order valence-electron chi connectivity index (χ4n) is 2.64. The van der Waals surface area contributed by atoms with Gasteiger partial charge in [0.2, 0.25) is 0 Å². The summed E-state index contributed by atoms with van der Waals surface area (Å²) in [6.45, 7) is 3.13. The average molecular weight is 271 g/mol. The summed E-state index contributed by atoms with van der Waals surface area (Å²) in [7, 11) is 2.02. The van der Waals surface area contributed by atoms with E-state index in [0.29, 0.717) is 25.2 Å². The Kier molecular flexibility index (Phi) is 8.84. The van der Waals surface area contributed by atoms with E-state index in [0.717, 1.165) is 25.9 Å². The van der Waals surface area contributed by atoms with Crippen LogP contribution in [0.3, 0.4) is 0 Å². The smallest absolute Gasteiger partial charge is 0.305 e. The Morgan fingerprint density at radius 2 is 2.00 bits per heavy atom. The quantitative estimate of drug-likeness (QED) is 0.517. The SMILES string of the molecule is CCOC(=O)CCCCCOC1CCCCC1NC. The molecule has 0 bridgehead atoms. The van der Waals surface area contributed by atoms with Crippen molar-refractivity contribution in [2.45, 2.75) is 70.4 Å². The summed E-state index contributed by atoms with van der Waals surface area (Å²) in [5.74, 6) is -0.0778. The first-order chi connectivity index (χ1) is 9.27. The molecule has 19 heavy (non-hydrogen) atoms. The maximum atomic E-state index is 11.1. The number of nitrogens with one attached hydrogen (secondary N) is 1. The average Bonchev–Trinajstić information content (AvgIpc) is 2.43. The summed E-state index contributed by atoms with van der Waals surface area (Å²) >= 11 is 0. The van der Waals surface area contributed by atoms with Gasteiger partial charge in [-0.05, 0) is 39.7 Å². The molecule has 0 radical (unpaired) electrons. The third-order valence-electron chi connectivity index (χ3n) is 3.74. The summed E-state index contributed by atoms with van der Waals surface area (Å²) in [4.78, 5) is 11.1. The van der Waals surface area contributed by atoms with Gasteiger partial charge in [0, 0.05) is 19.1 Å². The fraction of sp³-hybridized carbons (Fsp3) is 0.933. The standard InChI is InChI=1S/C15H29NO3/c1-3-18-15(17)11-5-4-8-12-19-14-10-7-6-9-13(14)16-2/h13-14,16H,3-12H2,1-2H3. The van der Waals surface area contributed by atoms with E-state index in [4.69, 9.17) is 9.47 Å². The monoisotopic (exact) mass is 271 g/mol. The van der Waals surface area contributed by atoms with Crippen LogP contribution < -0.4 is 5.32 Å². The second kappa shape index (κ2) is 10.2. The summed E-state index contributed by atoms with van der Waals surface area (Å²) in [5, 5.41) is 3.35. The van der Waals surface area contributed by atoms with E-state index in [2.05, 4.69) is 5.32 Å². The van der Waals surface area contributed by atoms with Crippen LogP contribution in [0.5, 0.6) is 0 Å². The van der Waals surface area contributed by atoms with Gasteiger partial charge in [-0.1, -0.05) is 19.3 Å². The molecule has 1 aliphatic carbocycles. The first kappa shape index (κ1) is 16.4. The summed E-state index contributed by atoms with van der Waals surface area (Å²) < 4.78 is 10.9. The van der Waals surface area contributed by atoms with Crippen molar-refractivity contribution < 1.29 is 14.3 Å². The molecular weight excluding hydrogens is 242 g/mol. The Balaban J connectivity index is 1.99. The topological polar surface area (TPSA) is 47.6 Å². The third-order valence-corrected chi connectivity index (χ3v) is 3.74.